The van der Waals surface area contributed by atoms with Crippen molar-refractivity contribution < 1.29 is 0 Å². The van der Waals surface area contributed by atoms with Crippen LogP contribution in [0.4, 0.5) is 5.69 Å². The summed E-state index contributed by atoms with van der Waals surface area (Å²) in [6.07, 6.45) is 9.27. The molecule has 0 heterocycles. The maximum absolute atomic E-state index is 6.12. The SMILES string of the molecule is CCCCCCCCc1cccc2cc3c(N)cccc3cc12. The zero-order valence-corrected chi connectivity index (χ0v) is 14.1. The van der Waals surface area contributed by atoms with Gasteiger partial charge >= 0.3 is 0 Å². The van der Waals surface area contributed by atoms with E-state index in [2.05, 4.69) is 43.3 Å². The van der Waals surface area contributed by atoms with Gasteiger partial charge in [-0.15, -0.1) is 0 Å². The second-order valence-electron chi connectivity index (χ2n) is 6.58. The molecular formula is C22H27N. The Bertz CT molecular complexity index is 788. The van der Waals surface area contributed by atoms with Gasteiger partial charge in [-0.05, 0) is 52.8 Å². The predicted molar refractivity (Wildman–Crippen MR) is 103 cm³/mol. The molecule has 120 valence electrons. The summed E-state index contributed by atoms with van der Waals surface area (Å²) in [7, 11) is 0. The number of anilines is 1. The van der Waals surface area contributed by atoms with Crippen LogP contribution >= 0.6 is 0 Å². The summed E-state index contributed by atoms with van der Waals surface area (Å²) < 4.78 is 0. The number of hydrogen-bond donors (Lipinski definition) is 1. The van der Waals surface area contributed by atoms with Crippen LogP contribution in [0, 0.1) is 0 Å². The Morgan fingerprint density at radius 3 is 2.22 bits per heavy atom. The third kappa shape index (κ3) is 3.67. The Hall–Kier alpha value is -2.02. The van der Waals surface area contributed by atoms with Crippen molar-refractivity contribution >= 4 is 27.2 Å². The molecular weight excluding hydrogens is 278 g/mol. The molecule has 0 aromatic heterocycles. The standard InChI is InChI=1S/C22H27N/c1-2-3-4-5-6-7-10-17-11-8-12-18-16-21-19(15-20(17)18)13-9-14-22(21)23/h8-9,11-16H,2-7,10,23H2,1H3. The van der Waals surface area contributed by atoms with Gasteiger partial charge in [0.2, 0.25) is 0 Å². The number of fused-ring (bicyclic) bond motifs is 2. The fraction of sp³-hybridized carbons (Fsp3) is 0.364. The molecule has 0 aliphatic carbocycles. The summed E-state index contributed by atoms with van der Waals surface area (Å²) >= 11 is 0. The van der Waals surface area contributed by atoms with Gasteiger partial charge in [0.15, 0.2) is 0 Å². The Kier molecular flexibility index (Phi) is 5.17. The zero-order valence-electron chi connectivity index (χ0n) is 14.1. The van der Waals surface area contributed by atoms with Crippen molar-refractivity contribution in [2.75, 3.05) is 5.73 Å². The topological polar surface area (TPSA) is 26.0 Å². The van der Waals surface area contributed by atoms with Crippen molar-refractivity contribution in [2.45, 2.75) is 51.9 Å². The molecule has 0 atom stereocenters. The van der Waals surface area contributed by atoms with Crippen LogP contribution < -0.4 is 5.73 Å². The molecule has 0 radical (unpaired) electrons. The molecule has 0 saturated heterocycles. The van der Waals surface area contributed by atoms with E-state index in [0.717, 1.165) is 11.1 Å². The molecule has 0 amide bonds. The van der Waals surface area contributed by atoms with Crippen LogP contribution in [0.2, 0.25) is 0 Å². The molecule has 23 heavy (non-hydrogen) atoms. The van der Waals surface area contributed by atoms with Crippen molar-refractivity contribution in [3.05, 3.63) is 54.1 Å². The van der Waals surface area contributed by atoms with Crippen LogP contribution in [-0.2, 0) is 6.42 Å². The van der Waals surface area contributed by atoms with Crippen LogP contribution in [0.3, 0.4) is 0 Å². The highest BCUT2D eigenvalue weighted by molar-refractivity contribution is 6.04. The molecule has 2 N–H and O–H groups in total. The second-order valence-corrected chi connectivity index (χ2v) is 6.58. The quantitative estimate of drug-likeness (QED) is 0.302. The molecule has 0 aliphatic rings. The van der Waals surface area contributed by atoms with Gasteiger partial charge < -0.3 is 5.73 Å². The number of aryl methyl sites for hydroxylation is 1. The molecule has 0 unspecified atom stereocenters. The minimum atomic E-state index is 0.866. The van der Waals surface area contributed by atoms with Gasteiger partial charge in [-0.3, -0.25) is 0 Å². The maximum atomic E-state index is 6.12. The summed E-state index contributed by atoms with van der Waals surface area (Å²) in [5.74, 6) is 0. The van der Waals surface area contributed by atoms with Crippen LogP contribution in [0.1, 0.15) is 51.0 Å². The van der Waals surface area contributed by atoms with E-state index in [1.54, 1.807) is 0 Å². The van der Waals surface area contributed by atoms with Crippen molar-refractivity contribution in [2.24, 2.45) is 0 Å². The zero-order chi connectivity index (χ0) is 16.1. The normalized spacial score (nSPS) is 11.3. The lowest BCUT2D eigenvalue weighted by Crippen LogP contribution is -1.91. The molecule has 1 nitrogen and oxygen atoms in total. The van der Waals surface area contributed by atoms with Crippen molar-refractivity contribution in [1.29, 1.82) is 0 Å². The van der Waals surface area contributed by atoms with E-state index in [-0.39, 0.29) is 0 Å². The molecule has 0 spiro atoms. The minimum Gasteiger partial charge on any atom is -0.398 e. The number of nitrogen functional groups attached to an aromatic ring is 1. The second kappa shape index (κ2) is 7.50. The number of unbranched alkanes of at least 4 members (excludes halogenated alkanes) is 5. The first kappa shape index (κ1) is 15.9. The van der Waals surface area contributed by atoms with Crippen LogP contribution in [-0.4, -0.2) is 0 Å². The molecule has 0 bridgehead atoms. The Balaban J connectivity index is 1.81. The largest absolute Gasteiger partial charge is 0.398 e. The smallest absolute Gasteiger partial charge is 0.0393 e. The van der Waals surface area contributed by atoms with Crippen molar-refractivity contribution in [1.82, 2.24) is 0 Å². The molecule has 0 saturated carbocycles. The van der Waals surface area contributed by atoms with E-state index in [9.17, 15) is 0 Å². The minimum absolute atomic E-state index is 0.866. The van der Waals surface area contributed by atoms with Gasteiger partial charge in [-0.2, -0.15) is 0 Å². The summed E-state index contributed by atoms with van der Waals surface area (Å²) in [6, 6.07) is 17.4. The van der Waals surface area contributed by atoms with E-state index in [1.165, 1.54) is 66.7 Å². The van der Waals surface area contributed by atoms with Crippen molar-refractivity contribution in [3.8, 4) is 0 Å². The maximum Gasteiger partial charge on any atom is 0.0393 e. The van der Waals surface area contributed by atoms with E-state index in [4.69, 9.17) is 5.73 Å². The monoisotopic (exact) mass is 305 g/mol. The van der Waals surface area contributed by atoms with Gasteiger partial charge in [-0.25, -0.2) is 0 Å². The van der Waals surface area contributed by atoms with Crippen LogP contribution in [0.15, 0.2) is 48.5 Å². The fourth-order valence-corrected chi connectivity index (χ4v) is 3.45. The molecule has 1 heteroatoms. The van der Waals surface area contributed by atoms with E-state index >= 15 is 0 Å². The van der Waals surface area contributed by atoms with Gasteiger partial charge in [0, 0.05) is 11.1 Å². The number of nitrogens with two attached hydrogens (primary N) is 1. The van der Waals surface area contributed by atoms with Gasteiger partial charge in [0.05, 0.1) is 0 Å². The molecule has 3 rings (SSSR count). The summed E-state index contributed by atoms with van der Waals surface area (Å²) in [5.41, 5.74) is 8.46. The first-order valence-corrected chi connectivity index (χ1v) is 8.99. The summed E-state index contributed by atoms with van der Waals surface area (Å²) in [6.45, 7) is 2.27. The van der Waals surface area contributed by atoms with Crippen molar-refractivity contribution in [3.63, 3.8) is 0 Å². The lowest BCUT2D eigenvalue weighted by molar-refractivity contribution is 0.608. The lowest BCUT2D eigenvalue weighted by Gasteiger charge is -2.10. The third-order valence-corrected chi connectivity index (χ3v) is 4.80. The highest BCUT2D eigenvalue weighted by Gasteiger charge is 2.05. The molecule has 3 aromatic rings. The number of hydrogen-bond acceptors (Lipinski definition) is 1. The van der Waals surface area contributed by atoms with Gasteiger partial charge in [0.1, 0.15) is 0 Å². The Morgan fingerprint density at radius 2 is 1.39 bits per heavy atom. The molecule has 3 aromatic carbocycles. The lowest BCUT2D eigenvalue weighted by atomic mass is 9.96. The van der Waals surface area contributed by atoms with E-state index < -0.39 is 0 Å². The first-order chi connectivity index (χ1) is 11.3. The van der Waals surface area contributed by atoms with Crippen LogP contribution in [0.25, 0.3) is 21.5 Å². The van der Waals surface area contributed by atoms with Gasteiger partial charge in [-0.1, -0.05) is 69.4 Å². The summed E-state index contributed by atoms with van der Waals surface area (Å²) in [4.78, 5) is 0. The third-order valence-electron chi connectivity index (χ3n) is 4.80. The average molecular weight is 305 g/mol. The molecule has 0 aliphatic heterocycles. The Morgan fingerprint density at radius 1 is 0.739 bits per heavy atom. The predicted octanol–water partition coefficient (Wildman–Crippen LogP) is 6.48. The highest BCUT2D eigenvalue weighted by Crippen LogP contribution is 2.29. The van der Waals surface area contributed by atoms with Crippen LogP contribution in [0.5, 0.6) is 0 Å². The molecule has 0 fully saturated rings. The highest BCUT2D eigenvalue weighted by atomic mass is 14.5. The number of rotatable bonds is 7. The fourth-order valence-electron chi connectivity index (χ4n) is 3.45. The Labute approximate surface area is 139 Å². The number of benzene rings is 3. The van der Waals surface area contributed by atoms with E-state index in [0.29, 0.717) is 0 Å². The average Bonchev–Trinajstić information content (AvgIpc) is 2.57. The summed E-state index contributed by atoms with van der Waals surface area (Å²) in [5, 5.41) is 5.10. The first-order valence-electron chi connectivity index (χ1n) is 8.99. The van der Waals surface area contributed by atoms with E-state index in [1.807, 2.05) is 12.1 Å². The van der Waals surface area contributed by atoms with Gasteiger partial charge in [0.25, 0.3) is 0 Å².